The molecule has 7 nitrogen and oxygen atoms in total. The zero-order valence-electron chi connectivity index (χ0n) is 8.99. The average molecular weight is 264 g/mol. The monoisotopic (exact) mass is 264 g/mol. The smallest absolute Gasteiger partial charge is 0.309 e. The van der Waals surface area contributed by atoms with Crippen molar-refractivity contribution in [2.75, 3.05) is 6.26 Å². The summed E-state index contributed by atoms with van der Waals surface area (Å²) in [5, 5.41) is 18.0. The van der Waals surface area contributed by atoms with Crippen molar-refractivity contribution in [3.63, 3.8) is 0 Å². The Morgan fingerprint density at radius 1 is 1.24 bits per heavy atom. The van der Waals surface area contributed by atoms with Crippen LogP contribution in [0.5, 0.6) is 0 Å². The van der Waals surface area contributed by atoms with Crippen molar-refractivity contribution in [2.45, 2.75) is 18.4 Å². The number of carboxylic acid groups (broad SMARTS) is 2. The van der Waals surface area contributed by atoms with Crippen LogP contribution in [-0.2, 0) is 23.9 Å². The molecule has 0 radical (unpaired) electrons. The highest BCUT2D eigenvalue weighted by atomic mass is 32.2. The Morgan fingerprint density at radius 3 is 2.18 bits per heavy atom. The van der Waals surface area contributed by atoms with E-state index in [0.717, 1.165) is 6.26 Å². The third-order valence-electron chi connectivity index (χ3n) is 3.53. The maximum Gasteiger partial charge on any atom is 0.309 e. The largest absolute Gasteiger partial charge is 0.481 e. The minimum absolute atomic E-state index is 0.249. The van der Waals surface area contributed by atoms with Gasteiger partial charge in [-0.15, -0.1) is 0 Å². The lowest BCUT2D eigenvalue weighted by molar-refractivity contribution is -0.147. The summed E-state index contributed by atoms with van der Waals surface area (Å²) in [6.07, 6.45) is 1.41. The Morgan fingerprint density at radius 2 is 1.82 bits per heavy atom. The lowest BCUT2D eigenvalue weighted by atomic mass is 9.97. The van der Waals surface area contributed by atoms with Crippen molar-refractivity contribution >= 4 is 22.1 Å². The molecule has 4 unspecified atom stereocenters. The summed E-state index contributed by atoms with van der Waals surface area (Å²) in [6.45, 7) is 0. The van der Waals surface area contributed by atoms with Crippen LogP contribution in [0.15, 0.2) is 0 Å². The van der Waals surface area contributed by atoms with Crippen LogP contribution in [0.4, 0.5) is 0 Å². The van der Waals surface area contributed by atoms with Gasteiger partial charge in [0, 0.05) is 5.92 Å². The van der Waals surface area contributed by atoms with Crippen LogP contribution in [-0.4, -0.2) is 42.4 Å². The summed E-state index contributed by atoms with van der Waals surface area (Å²) in [4.78, 5) is 22.0. The molecule has 0 spiro atoms. The van der Waals surface area contributed by atoms with Gasteiger partial charge in [0.25, 0.3) is 10.1 Å². The topological polar surface area (TPSA) is 118 Å². The maximum absolute atomic E-state index is 11.1. The fraction of sp³-hybridized carbons (Fsp3) is 0.778. The molecule has 4 atom stereocenters. The molecule has 0 aromatic carbocycles. The predicted octanol–water partition coefficient (Wildman–Crippen LogP) is -0.473. The van der Waals surface area contributed by atoms with Crippen molar-refractivity contribution in [2.24, 2.45) is 17.8 Å². The molecule has 2 rings (SSSR count). The van der Waals surface area contributed by atoms with Gasteiger partial charge in [-0.05, 0) is 12.8 Å². The number of rotatable bonds is 4. The van der Waals surface area contributed by atoms with E-state index >= 15 is 0 Å². The Hall–Kier alpha value is -1.15. The molecule has 0 saturated heterocycles. The highest BCUT2D eigenvalue weighted by molar-refractivity contribution is 7.86. The molecule has 0 heterocycles. The first-order valence-corrected chi connectivity index (χ1v) is 6.88. The number of hydrogen-bond donors (Lipinski definition) is 2. The molecule has 0 bridgehead atoms. The second-order valence-corrected chi connectivity index (χ2v) is 6.11. The van der Waals surface area contributed by atoms with Gasteiger partial charge >= 0.3 is 11.9 Å². The van der Waals surface area contributed by atoms with Crippen LogP contribution in [0, 0.1) is 17.8 Å². The number of aliphatic carboxylic acids is 2. The van der Waals surface area contributed by atoms with Gasteiger partial charge in [0.1, 0.15) is 5.60 Å². The van der Waals surface area contributed by atoms with Crippen LogP contribution in [0.1, 0.15) is 12.8 Å². The molecule has 96 valence electrons. The molecular weight excluding hydrogens is 252 g/mol. The lowest BCUT2D eigenvalue weighted by Crippen LogP contribution is -2.36. The van der Waals surface area contributed by atoms with E-state index in [1.165, 1.54) is 0 Å². The molecule has 0 aromatic rings. The molecule has 0 amide bonds. The lowest BCUT2D eigenvalue weighted by Gasteiger charge is -2.20. The standard InChI is InChI=1S/C9H12O7S/c1-17(14,15)16-9-4(6(9)8(12)13)2-3-5(9)7(10)11/h4-6H,2-3H2,1H3,(H,10,11)(H,12,13). The zero-order valence-corrected chi connectivity index (χ0v) is 9.81. The van der Waals surface area contributed by atoms with Gasteiger partial charge in [-0.25, -0.2) is 0 Å². The molecule has 0 aromatic heterocycles. The fourth-order valence-corrected chi connectivity index (χ4v) is 3.88. The summed E-state index contributed by atoms with van der Waals surface area (Å²) in [6, 6.07) is 0. The zero-order chi connectivity index (χ0) is 13.0. The van der Waals surface area contributed by atoms with E-state index in [1.54, 1.807) is 0 Å². The Kier molecular flexibility index (Phi) is 2.48. The van der Waals surface area contributed by atoms with E-state index in [4.69, 9.17) is 14.4 Å². The first-order valence-electron chi connectivity index (χ1n) is 5.06. The van der Waals surface area contributed by atoms with Crippen LogP contribution in [0.25, 0.3) is 0 Å². The van der Waals surface area contributed by atoms with Crippen molar-refractivity contribution < 1.29 is 32.4 Å². The van der Waals surface area contributed by atoms with Crippen molar-refractivity contribution in [1.29, 1.82) is 0 Å². The molecule has 2 fully saturated rings. The number of hydrogen-bond acceptors (Lipinski definition) is 5. The summed E-state index contributed by atoms with van der Waals surface area (Å²) in [7, 11) is -3.88. The van der Waals surface area contributed by atoms with E-state index in [9.17, 15) is 18.0 Å². The second-order valence-electron chi connectivity index (χ2n) is 4.53. The van der Waals surface area contributed by atoms with Crippen LogP contribution in [0.2, 0.25) is 0 Å². The maximum atomic E-state index is 11.1. The van der Waals surface area contributed by atoms with E-state index in [1.807, 2.05) is 0 Å². The molecule has 17 heavy (non-hydrogen) atoms. The van der Waals surface area contributed by atoms with Gasteiger partial charge in [-0.2, -0.15) is 8.42 Å². The first kappa shape index (κ1) is 12.3. The highest BCUT2D eigenvalue weighted by Gasteiger charge is 2.79. The number of carboxylic acids is 2. The molecule has 2 saturated carbocycles. The van der Waals surface area contributed by atoms with Crippen LogP contribution >= 0.6 is 0 Å². The normalized spacial score (nSPS) is 39.7. The summed E-state index contributed by atoms with van der Waals surface area (Å²) in [5.41, 5.74) is -1.56. The third-order valence-corrected chi connectivity index (χ3v) is 4.12. The fourth-order valence-electron chi connectivity index (χ4n) is 3.01. The third kappa shape index (κ3) is 1.71. The van der Waals surface area contributed by atoms with E-state index in [0.29, 0.717) is 6.42 Å². The van der Waals surface area contributed by atoms with Crippen molar-refractivity contribution in [1.82, 2.24) is 0 Å². The Labute approximate surface area is 97.5 Å². The Balaban J connectivity index is 2.36. The predicted molar refractivity (Wildman–Crippen MR) is 53.6 cm³/mol. The van der Waals surface area contributed by atoms with E-state index in [-0.39, 0.29) is 6.42 Å². The molecular formula is C9H12O7S. The highest BCUT2D eigenvalue weighted by Crippen LogP contribution is 2.66. The molecule has 2 aliphatic rings. The quantitative estimate of drug-likeness (QED) is 0.659. The van der Waals surface area contributed by atoms with Crippen molar-refractivity contribution in [3.8, 4) is 0 Å². The molecule has 2 aliphatic carbocycles. The number of carbonyl (C=O) groups is 2. The SMILES string of the molecule is CS(=O)(=O)OC12C(C(=O)O)CCC1C2C(=O)O. The molecule has 2 N–H and O–H groups in total. The van der Waals surface area contributed by atoms with Crippen LogP contribution in [0.3, 0.4) is 0 Å². The molecule has 0 aliphatic heterocycles. The average Bonchev–Trinajstić information content (AvgIpc) is 2.57. The second kappa shape index (κ2) is 3.42. The minimum Gasteiger partial charge on any atom is -0.481 e. The summed E-state index contributed by atoms with van der Waals surface area (Å²) >= 11 is 0. The van der Waals surface area contributed by atoms with Gasteiger partial charge in [-0.1, -0.05) is 0 Å². The van der Waals surface area contributed by atoms with Gasteiger partial charge in [0.2, 0.25) is 0 Å². The van der Waals surface area contributed by atoms with Gasteiger partial charge in [-0.3, -0.25) is 13.8 Å². The van der Waals surface area contributed by atoms with Gasteiger partial charge in [0.05, 0.1) is 18.1 Å². The van der Waals surface area contributed by atoms with Crippen molar-refractivity contribution in [3.05, 3.63) is 0 Å². The van der Waals surface area contributed by atoms with E-state index < -0.39 is 45.4 Å². The minimum atomic E-state index is -3.88. The summed E-state index contributed by atoms with van der Waals surface area (Å²) < 4.78 is 27.1. The van der Waals surface area contributed by atoms with Crippen LogP contribution < -0.4 is 0 Å². The number of fused-ring (bicyclic) bond motifs is 1. The van der Waals surface area contributed by atoms with Gasteiger partial charge < -0.3 is 10.2 Å². The molecule has 8 heteroatoms. The first-order chi connectivity index (χ1) is 7.70. The summed E-state index contributed by atoms with van der Waals surface area (Å²) in [5.74, 6) is -5.03. The van der Waals surface area contributed by atoms with E-state index in [2.05, 4.69) is 0 Å². The Bertz CT molecular complexity index is 482. The van der Waals surface area contributed by atoms with Gasteiger partial charge in [0.15, 0.2) is 0 Å².